The van der Waals surface area contributed by atoms with E-state index in [1.165, 1.54) is 0 Å². The van der Waals surface area contributed by atoms with Crippen molar-refractivity contribution >= 4 is 23.4 Å². The molecule has 0 spiro atoms. The average molecular weight is 295 g/mol. The van der Waals surface area contributed by atoms with Gasteiger partial charge in [-0.3, -0.25) is 0 Å². The number of nitrogens with one attached hydrogen (secondary N) is 1. The van der Waals surface area contributed by atoms with Gasteiger partial charge in [0.15, 0.2) is 5.82 Å². The molecule has 0 aliphatic heterocycles. The zero-order valence-electron chi connectivity index (χ0n) is 12.0. The number of anilines is 2. The van der Waals surface area contributed by atoms with E-state index < -0.39 is 0 Å². The highest BCUT2D eigenvalue weighted by molar-refractivity contribution is 6.32. The minimum absolute atomic E-state index is 0.531. The summed E-state index contributed by atoms with van der Waals surface area (Å²) in [6.45, 7) is 3.56. The standard InChI is InChI=1S/C13H19ClN6/c1-4-5-16-13-17-8-10(14)12(18-13)20(3)9-11-15-6-7-19(11)2/h6-8H,4-5,9H2,1-3H3,(H,16,17,18). The van der Waals surface area contributed by atoms with Gasteiger partial charge in [0.1, 0.15) is 10.8 Å². The van der Waals surface area contributed by atoms with E-state index in [-0.39, 0.29) is 0 Å². The Labute approximate surface area is 123 Å². The van der Waals surface area contributed by atoms with Gasteiger partial charge in [-0.1, -0.05) is 18.5 Å². The van der Waals surface area contributed by atoms with Crippen molar-refractivity contribution in [2.75, 3.05) is 23.8 Å². The average Bonchev–Trinajstić information content (AvgIpc) is 2.83. The van der Waals surface area contributed by atoms with E-state index >= 15 is 0 Å². The van der Waals surface area contributed by atoms with Gasteiger partial charge in [0.25, 0.3) is 0 Å². The minimum atomic E-state index is 0.531. The molecule has 0 atom stereocenters. The van der Waals surface area contributed by atoms with Crippen LogP contribution in [0.1, 0.15) is 19.2 Å². The summed E-state index contributed by atoms with van der Waals surface area (Å²) in [6, 6.07) is 0. The van der Waals surface area contributed by atoms with Crippen molar-refractivity contribution < 1.29 is 0 Å². The molecule has 0 unspecified atom stereocenters. The molecule has 0 bridgehead atoms. The molecule has 20 heavy (non-hydrogen) atoms. The van der Waals surface area contributed by atoms with Crippen molar-refractivity contribution in [3.8, 4) is 0 Å². The highest BCUT2D eigenvalue weighted by Crippen LogP contribution is 2.23. The molecular weight excluding hydrogens is 276 g/mol. The smallest absolute Gasteiger partial charge is 0.224 e. The molecule has 0 saturated heterocycles. The first kappa shape index (κ1) is 14.6. The summed E-state index contributed by atoms with van der Waals surface area (Å²) in [5.41, 5.74) is 0. The van der Waals surface area contributed by atoms with Crippen LogP contribution in [0.2, 0.25) is 5.02 Å². The van der Waals surface area contributed by atoms with E-state index in [9.17, 15) is 0 Å². The van der Waals surface area contributed by atoms with Gasteiger partial charge in [0, 0.05) is 33.0 Å². The highest BCUT2D eigenvalue weighted by atomic mass is 35.5. The second-order valence-corrected chi connectivity index (χ2v) is 5.01. The van der Waals surface area contributed by atoms with E-state index in [0.29, 0.717) is 23.3 Å². The van der Waals surface area contributed by atoms with Gasteiger partial charge < -0.3 is 14.8 Å². The second kappa shape index (κ2) is 6.56. The Kier molecular flexibility index (Phi) is 4.79. The maximum atomic E-state index is 6.18. The lowest BCUT2D eigenvalue weighted by molar-refractivity contribution is 0.754. The lowest BCUT2D eigenvalue weighted by Gasteiger charge is -2.19. The lowest BCUT2D eigenvalue weighted by atomic mass is 10.4. The van der Waals surface area contributed by atoms with Crippen molar-refractivity contribution in [1.82, 2.24) is 19.5 Å². The van der Waals surface area contributed by atoms with E-state index in [2.05, 4.69) is 27.2 Å². The fraction of sp³-hybridized carbons (Fsp3) is 0.462. The van der Waals surface area contributed by atoms with E-state index in [1.54, 1.807) is 12.4 Å². The van der Waals surface area contributed by atoms with Crippen LogP contribution >= 0.6 is 11.6 Å². The Balaban J connectivity index is 2.15. The molecular formula is C13H19ClN6. The number of imidazole rings is 1. The maximum Gasteiger partial charge on any atom is 0.224 e. The van der Waals surface area contributed by atoms with Crippen molar-refractivity contribution in [3.05, 3.63) is 29.4 Å². The number of halogens is 1. The third-order valence-corrected chi connectivity index (χ3v) is 3.19. The first-order chi connectivity index (χ1) is 9.61. The van der Waals surface area contributed by atoms with Crippen molar-refractivity contribution in [1.29, 1.82) is 0 Å². The molecule has 0 aliphatic rings. The quantitative estimate of drug-likeness (QED) is 0.886. The van der Waals surface area contributed by atoms with E-state index in [0.717, 1.165) is 18.8 Å². The monoisotopic (exact) mass is 294 g/mol. The molecule has 7 heteroatoms. The van der Waals surface area contributed by atoms with Crippen molar-refractivity contribution in [2.45, 2.75) is 19.9 Å². The summed E-state index contributed by atoms with van der Waals surface area (Å²) >= 11 is 6.18. The van der Waals surface area contributed by atoms with Gasteiger partial charge in [-0.05, 0) is 6.42 Å². The molecule has 0 aromatic carbocycles. The second-order valence-electron chi connectivity index (χ2n) is 4.60. The molecule has 2 aromatic heterocycles. The molecule has 0 radical (unpaired) electrons. The van der Waals surface area contributed by atoms with Gasteiger partial charge in [-0.2, -0.15) is 4.98 Å². The summed E-state index contributed by atoms with van der Waals surface area (Å²) in [6.07, 6.45) is 6.33. The van der Waals surface area contributed by atoms with Gasteiger partial charge in [-0.25, -0.2) is 9.97 Å². The Hall–Kier alpha value is -1.82. The largest absolute Gasteiger partial charge is 0.354 e. The fourth-order valence-electron chi connectivity index (χ4n) is 1.78. The SMILES string of the molecule is CCCNc1ncc(Cl)c(N(C)Cc2nccn2C)n1. The summed E-state index contributed by atoms with van der Waals surface area (Å²) in [5, 5.41) is 3.69. The van der Waals surface area contributed by atoms with Crippen LogP contribution in [0.4, 0.5) is 11.8 Å². The third-order valence-electron chi connectivity index (χ3n) is 2.92. The zero-order valence-corrected chi connectivity index (χ0v) is 12.7. The molecule has 1 N–H and O–H groups in total. The predicted molar refractivity (Wildman–Crippen MR) is 81.1 cm³/mol. The Morgan fingerprint density at radius 2 is 2.20 bits per heavy atom. The van der Waals surface area contributed by atoms with Gasteiger partial charge in [0.05, 0.1) is 12.7 Å². The molecule has 2 heterocycles. The number of rotatable bonds is 6. The summed E-state index contributed by atoms with van der Waals surface area (Å²) in [5.74, 6) is 2.24. The van der Waals surface area contributed by atoms with Crippen LogP contribution in [0.15, 0.2) is 18.6 Å². The van der Waals surface area contributed by atoms with E-state index in [4.69, 9.17) is 11.6 Å². The van der Waals surface area contributed by atoms with Crippen molar-refractivity contribution in [3.63, 3.8) is 0 Å². The van der Waals surface area contributed by atoms with Crippen LogP contribution in [0.25, 0.3) is 0 Å². The van der Waals surface area contributed by atoms with Gasteiger partial charge in [-0.15, -0.1) is 0 Å². The van der Waals surface area contributed by atoms with Crippen LogP contribution < -0.4 is 10.2 Å². The number of nitrogens with zero attached hydrogens (tertiary/aromatic N) is 5. The van der Waals surface area contributed by atoms with Crippen molar-refractivity contribution in [2.24, 2.45) is 7.05 Å². The Bertz CT molecular complexity index is 568. The number of aromatic nitrogens is 4. The molecule has 0 aliphatic carbocycles. The maximum absolute atomic E-state index is 6.18. The van der Waals surface area contributed by atoms with Gasteiger partial charge >= 0.3 is 0 Å². The van der Waals surface area contributed by atoms with Crippen LogP contribution in [-0.4, -0.2) is 33.1 Å². The number of aryl methyl sites for hydroxylation is 1. The molecule has 0 saturated carbocycles. The lowest BCUT2D eigenvalue weighted by Crippen LogP contribution is -2.21. The molecule has 2 rings (SSSR count). The van der Waals surface area contributed by atoms with Crippen LogP contribution in [-0.2, 0) is 13.6 Å². The first-order valence-corrected chi connectivity index (χ1v) is 6.93. The summed E-state index contributed by atoms with van der Waals surface area (Å²) in [7, 11) is 3.90. The first-order valence-electron chi connectivity index (χ1n) is 6.55. The summed E-state index contributed by atoms with van der Waals surface area (Å²) < 4.78 is 1.97. The molecule has 2 aromatic rings. The molecule has 6 nitrogen and oxygen atoms in total. The van der Waals surface area contributed by atoms with Gasteiger partial charge in [0.2, 0.25) is 5.95 Å². The summed E-state index contributed by atoms with van der Waals surface area (Å²) in [4.78, 5) is 14.9. The van der Waals surface area contributed by atoms with Crippen LogP contribution in [0.3, 0.4) is 0 Å². The fourth-order valence-corrected chi connectivity index (χ4v) is 2.02. The topological polar surface area (TPSA) is 58.9 Å². The van der Waals surface area contributed by atoms with Crippen LogP contribution in [0, 0.1) is 0 Å². The predicted octanol–water partition coefficient (Wildman–Crippen LogP) is 2.32. The Morgan fingerprint density at radius 1 is 1.40 bits per heavy atom. The Morgan fingerprint density at radius 3 is 2.85 bits per heavy atom. The normalized spacial score (nSPS) is 10.6. The molecule has 0 fully saturated rings. The van der Waals surface area contributed by atoms with Crippen LogP contribution in [0.5, 0.6) is 0 Å². The number of hydrogen-bond acceptors (Lipinski definition) is 5. The van der Waals surface area contributed by atoms with E-state index in [1.807, 2.05) is 29.8 Å². The molecule has 108 valence electrons. The zero-order chi connectivity index (χ0) is 14.5. The third kappa shape index (κ3) is 3.39. The minimum Gasteiger partial charge on any atom is -0.354 e. The number of hydrogen-bond donors (Lipinski definition) is 1. The highest BCUT2D eigenvalue weighted by Gasteiger charge is 2.12. The molecule has 0 amide bonds.